The molecule has 0 aliphatic rings. The quantitative estimate of drug-likeness (QED) is 0.428. The number of alkyl halides is 2. The van der Waals surface area contributed by atoms with Crippen molar-refractivity contribution in [3.63, 3.8) is 0 Å². The Morgan fingerprint density at radius 3 is 2.77 bits per heavy atom. The number of halogens is 3. The molecule has 0 aliphatic carbocycles. The number of thiophene rings is 1. The third-order valence-corrected chi connectivity index (χ3v) is 6.86. The molecule has 8 nitrogen and oxygen atoms in total. The number of hydrogen-bond acceptors (Lipinski definition) is 5. The number of fused-ring (bicyclic) bond motifs is 1. The SMILES string of the molecule is O=C(NCc1c[nH]nn1)c1ccc2sc(C(F)(F)P(=O)(O)O)c(Br)c2c1. The zero-order valence-electron chi connectivity index (χ0n) is 12.6. The van der Waals surface area contributed by atoms with Crippen LogP contribution in [0.15, 0.2) is 28.9 Å². The number of H-pyrrole nitrogens is 1. The summed E-state index contributed by atoms with van der Waals surface area (Å²) < 4.78 is 39.3. The fourth-order valence-corrected chi connectivity index (χ4v) is 5.04. The summed E-state index contributed by atoms with van der Waals surface area (Å²) in [7, 11) is -5.69. The van der Waals surface area contributed by atoms with Gasteiger partial charge in [0.15, 0.2) is 0 Å². The largest absolute Gasteiger partial charge is 0.400 e. The summed E-state index contributed by atoms with van der Waals surface area (Å²) in [5, 5.41) is 12.6. The van der Waals surface area contributed by atoms with Crippen LogP contribution in [-0.2, 0) is 16.8 Å². The van der Waals surface area contributed by atoms with E-state index in [0.717, 1.165) is 0 Å². The fourth-order valence-electron chi connectivity index (χ4n) is 2.12. The molecule has 1 aromatic carbocycles. The molecule has 0 unspecified atom stereocenters. The molecule has 2 aromatic heterocycles. The van der Waals surface area contributed by atoms with Gasteiger partial charge < -0.3 is 15.1 Å². The maximum absolute atomic E-state index is 14.0. The van der Waals surface area contributed by atoms with Gasteiger partial charge in [0.1, 0.15) is 10.6 Å². The summed E-state index contributed by atoms with van der Waals surface area (Å²) in [6.07, 6.45) is 1.51. The van der Waals surface area contributed by atoms with E-state index in [9.17, 15) is 18.1 Å². The van der Waals surface area contributed by atoms with Crippen molar-refractivity contribution in [3.05, 3.63) is 45.0 Å². The minimum absolute atomic E-state index is 0.125. The molecule has 3 aromatic rings. The number of benzene rings is 1. The molecule has 26 heavy (non-hydrogen) atoms. The van der Waals surface area contributed by atoms with Crippen LogP contribution in [-0.4, -0.2) is 31.1 Å². The molecule has 0 radical (unpaired) electrons. The maximum Gasteiger partial charge on any atom is 0.400 e. The number of carbonyl (C=O) groups excluding carboxylic acids is 1. The lowest BCUT2D eigenvalue weighted by Gasteiger charge is -2.16. The number of rotatable bonds is 5. The molecule has 13 heteroatoms. The molecular weight excluding hydrogens is 457 g/mol. The monoisotopic (exact) mass is 466 g/mol. The van der Waals surface area contributed by atoms with E-state index in [0.29, 0.717) is 21.7 Å². The molecule has 2 heterocycles. The van der Waals surface area contributed by atoms with Crippen LogP contribution in [0.3, 0.4) is 0 Å². The van der Waals surface area contributed by atoms with E-state index in [4.69, 9.17) is 9.79 Å². The van der Waals surface area contributed by atoms with Gasteiger partial charge in [-0.2, -0.15) is 8.78 Å². The van der Waals surface area contributed by atoms with Gasteiger partial charge in [0.25, 0.3) is 5.91 Å². The molecule has 0 bridgehead atoms. The fraction of sp³-hybridized carbons (Fsp3) is 0.154. The number of nitrogens with zero attached hydrogens (tertiary/aromatic N) is 2. The summed E-state index contributed by atoms with van der Waals surface area (Å²) in [6, 6.07) is 4.24. The average molecular weight is 467 g/mol. The molecular formula is C13H10BrF2N4O4PS. The van der Waals surface area contributed by atoms with Crippen LogP contribution in [0.25, 0.3) is 10.1 Å². The minimum atomic E-state index is -5.69. The average Bonchev–Trinajstić information content (AvgIpc) is 3.19. The van der Waals surface area contributed by atoms with E-state index >= 15 is 0 Å². The van der Waals surface area contributed by atoms with Crippen LogP contribution < -0.4 is 5.32 Å². The molecule has 3 rings (SSSR count). The van der Waals surface area contributed by atoms with Crippen LogP contribution in [0.2, 0.25) is 0 Å². The van der Waals surface area contributed by atoms with Gasteiger partial charge >= 0.3 is 13.3 Å². The molecule has 138 valence electrons. The Balaban J connectivity index is 1.93. The van der Waals surface area contributed by atoms with Gasteiger partial charge in [0.05, 0.1) is 6.54 Å². The van der Waals surface area contributed by atoms with Crippen molar-refractivity contribution in [3.8, 4) is 0 Å². The van der Waals surface area contributed by atoms with E-state index < -0.39 is 24.0 Å². The Morgan fingerprint density at radius 2 is 2.15 bits per heavy atom. The van der Waals surface area contributed by atoms with Crippen molar-refractivity contribution >= 4 is 50.9 Å². The van der Waals surface area contributed by atoms with Gasteiger partial charge in [-0.3, -0.25) is 14.5 Å². The van der Waals surface area contributed by atoms with Crippen molar-refractivity contribution in [2.45, 2.75) is 12.2 Å². The number of carbonyl (C=O) groups is 1. The smallest absolute Gasteiger partial charge is 0.346 e. The number of amides is 1. The van der Waals surface area contributed by atoms with Gasteiger partial charge in [-0.25, -0.2) is 0 Å². The maximum atomic E-state index is 14.0. The Labute approximate surface area is 156 Å². The van der Waals surface area contributed by atoms with E-state index in [1.165, 1.54) is 24.4 Å². The third-order valence-electron chi connectivity index (χ3n) is 3.43. The Kier molecular flexibility index (Phi) is 4.97. The van der Waals surface area contributed by atoms with Crippen LogP contribution in [0.5, 0.6) is 0 Å². The highest BCUT2D eigenvalue weighted by atomic mass is 79.9. The van der Waals surface area contributed by atoms with Crippen molar-refractivity contribution in [2.24, 2.45) is 0 Å². The highest BCUT2D eigenvalue weighted by molar-refractivity contribution is 9.10. The predicted octanol–water partition coefficient (Wildman–Crippen LogP) is 2.94. The van der Waals surface area contributed by atoms with Gasteiger partial charge in [0, 0.05) is 26.3 Å². The predicted molar refractivity (Wildman–Crippen MR) is 93.0 cm³/mol. The zero-order valence-corrected chi connectivity index (χ0v) is 15.9. The molecule has 0 spiro atoms. The topological polar surface area (TPSA) is 128 Å². The van der Waals surface area contributed by atoms with Gasteiger partial charge in [-0.05, 0) is 34.1 Å². The molecule has 0 atom stereocenters. The van der Waals surface area contributed by atoms with Crippen LogP contribution in [0, 0.1) is 0 Å². The Bertz CT molecular complexity index is 1020. The van der Waals surface area contributed by atoms with Crippen LogP contribution in [0.4, 0.5) is 8.78 Å². The number of aromatic nitrogens is 3. The second-order valence-corrected chi connectivity index (χ2v) is 8.68. The zero-order chi connectivity index (χ0) is 19.1. The van der Waals surface area contributed by atoms with Gasteiger partial charge in [-0.1, -0.05) is 5.21 Å². The van der Waals surface area contributed by atoms with Crippen molar-refractivity contribution in [2.75, 3.05) is 0 Å². The molecule has 4 N–H and O–H groups in total. The first-order valence-corrected chi connectivity index (χ1v) is 10.1. The lowest BCUT2D eigenvalue weighted by atomic mass is 10.1. The Morgan fingerprint density at radius 1 is 1.42 bits per heavy atom. The number of hydrogen-bond donors (Lipinski definition) is 4. The first-order chi connectivity index (χ1) is 12.1. The third kappa shape index (κ3) is 3.42. The van der Waals surface area contributed by atoms with E-state index in [2.05, 4.69) is 36.7 Å². The van der Waals surface area contributed by atoms with Crippen molar-refractivity contribution < 1.29 is 27.9 Å². The van der Waals surface area contributed by atoms with E-state index in [-0.39, 0.29) is 22.0 Å². The first kappa shape index (κ1) is 19.1. The normalized spacial score (nSPS) is 12.5. The summed E-state index contributed by atoms with van der Waals surface area (Å²) in [5.41, 5.74) is -3.62. The molecule has 0 aliphatic heterocycles. The second-order valence-electron chi connectivity index (χ2n) is 5.19. The lowest BCUT2D eigenvalue weighted by molar-refractivity contribution is 0.0595. The first-order valence-electron chi connectivity index (χ1n) is 6.91. The standard InChI is InChI=1S/C13H10BrF2N4O4PS/c14-10-8-3-6(12(21)17-4-7-5-18-20-19-7)1-2-9(8)26-11(10)13(15,16)25(22,23)24/h1-3,5H,4H2,(H,17,21)(H,18,19,20)(H2,22,23,24). The van der Waals surface area contributed by atoms with E-state index in [1.54, 1.807) is 0 Å². The van der Waals surface area contributed by atoms with Crippen molar-refractivity contribution in [1.82, 2.24) is 20.7 Å². The Hall–Kier alpha value is -1.72. The summed E-state index contributed by atoms with van der Waals surface area (Å²) in [4.78, 5) is 29.3. The summed E-state index contributed by atoms with van der Waals surface area (Å²) >= 11 is 3.51. The minimum Gasteiger partial charge on any atom is -0.346 e. The highest BCUT2D eigenvalue weighted by Crippen LogP contribution is 2.62. The highest BCUT2D eigenvalue weighted by Gasteiger charge is 2.53. The lowest BCUT2D eigenvalue weighted by Crippen LogP contribution is -2.22. The summed E-state index contributed by atoms with van der Waals surface area (Å²) in [5.74, 6) is -0.462. The molecule has 0 saturated heterocycles. The molecule has 0 fully saturated rings. The van der Waals surface area contributed by atoms with Crippen molar-refractivity contribution in [1.29, 1.82) is 0 Å². The van der Waals surface area contributed by atoms with Gasteiger partial charge in [0.2, 0.25) is 0 Å². The number of aromatic amines is 1. The van der Waals surface area contributed by atoms with Crippen LogP contribution >= 0.6 is 34.9 Å². The second kappa shape index (κ2) is 6.78. The molecule has 1 amide bonds. The number of nitrogens with one attached hydrogen (secondary N) is 2. The van der Waals surface area contributed by atoms with E-state index in [1.807, 2.05) is 0 Å². The molecule has 0 saturated carbocycles. The summed E-state index contributed by atoms with van der Waals surface area (Å²) in [6.45, 7) is 0.125. The van der Waals surface area contributed by atoms with Gasteiger partial charge in [-0.15, -0.1) is 16.4 Å². The van der Waals surface area contributed by atoms with Crippen LogP contribution in [0.1, 0.15) is 20.9 Å².